The monoisotopic (exact) mass is 460 g/mol. The Morgan fingerprint density at radius 2 is 2.12 bits per heavy atom. The highest BCUT2D eigenvalue weighted by Gasteiger charge is 2.40. The number of guanidine groups is 1. The molecule has 3 rings (SSSR count). The first-order valence-electron chi connectivity index (χ1n) is 8.70. The molecule has 0 aromatic carbocycles. The summed E-state index contributed by atoms with van der Waals surface area (Å²) >= 11 is 0. The zero-order chi connectivity index (χ0) is 17.0. The summed E-state index contributed by atoms with van der Waals surface area (Å²) in [5, 5.41) is 11.7. The number of hydrogen-bond acceptors (Lipinski definition) is 4. The van der Waals surface area contributed by atoms with E-state index >= 15 is 0 Å². The summed E-state index contributed by atoms with van der Waals surface area (Å²) in [6.07, 6.45) is 5.39. The van der Waals surface area contributed by atoms with Gasteiger partial charge in [0.05, 0.1) is 0 Å². The molecule has 3 heterocycles. The Morgan fingerprint density at radius 3 is 2.76 bits per heavy atom. The van der Waals surface area contributed by atoms with Crippen molar-refractivity contribution in [2.75, 3.05) is 32.8 Å². The number of hydrogen-bond donors (Lipinski definition) is 1. The Labute approximate surface area is 166 Å². The molecule has 0 atom stereocenters. The fourth-order valence-electron chi connectivity index (χ4n) is 3.49. The fourth-order valence-corrected chi connectivity index (χ4v) is 3.49. The van der Waals surface area contributed by atoms with Gasteiger partial charge >= 0.3 is 0 Å². The summed E-state index contributed by atoms with van der Waals surface area (Å²) in [7, 11) is 1.98. The molecule has 1 spiro atoms. The highest BCUT2D eigenvalue weighted by molar-refractivity contribution is 14.0. The summed E-state index contributed by atoms with van der Waals surface area (Å²) in [6.45, 7) is 10.9. The first kappa shape index (κ1) is 20.2. The molecular weight excluding hydrogens is 431 g/mol. The molecule has 0 bridgehead atoms. The quantitative estimate of drug-likeness (QED) is 0.322. The number of aryl methyl sites for hydroxylation is 1. The van der Waals surface area contributed by atoms with Gasteiger partial charge in [0.15, 0.2) is 11.8 Å². The van der Waals surface area contributed by atoms with Gasteiger partial charge in [-0.2, -0.15) is 0 Å². The topological polar surface area (TPSA) is 67.6 Å². The highest BCUT2D eigenvalue weighted by atomic mass is 127. The number of nitrogens with zero attached hydrogens (tertiary/aromatic N) is 5. The number of nitrogens with one attached hydrogen (secondary N) is 1. The molecule has 140 valence electrons. The van der Waals surface area contributed by atoms with Crippen LogP contribution in [0.5, 0.6) is 0 Å². The van der Waals surface area contributed by atoms with Gasteiger partial charge in [0.25, 0.3) is 0 Å². The van der Waals surface area contributed by atoms with Crippen LogP contribution in [0.15, 0.2) is 17.6 Å². The van der Waals surface area contributed by atoms with Crippen LogP contribution in [0.3, 0.4) is 0 Å². The van der Waals surface area contributed by atoms with Crippen LogP contribution in [0.2, 0.25) is 0 Å². The third kappa shape index (κ3) is 4.72. The van der Waals surface area contributed by atoms with Crippen LogP contribution >= 0.6 is 24.0 Å². The van der Waals surface area contributed by atoms with Crippen LogP contribution in [0.4, 0.5) is 0 Å². The van der Waals surface area contributed by atoms with Gasteiger partial charge in [-0.3, -0.25) is 0 Å². The average Bonchev–Trinajstić information content (AvgIpc) is 3.14. The number of halogens is 1. The van der Waals surface area contributed by atoms with E-state index in [1.54, 1.807) is 0 Å². The summed E-state index contributed by atoms with van der Waals surface area (Å²) in [4.78, 5) is 7.17. The molecule has 0 unspecified atom stereocenters. The molecule has 0 saturated carbocycles. The molecule has 1 aromatic rings. The summed E-state index contributed by atoms with van der Waals surface area (Å²) < 4.78 is 7.53. The molecule has 0 amide bonds. The lowest BCUT2D eigenvalue weighted by molar-refractivity contribution is 0.0218. The zero-order valence-corrected chi connectivity index (χ0v) is 17.5. The fraction of sp³-hybridized carbons (Fsp3) is 0.706. The third-order valence-corrected chi connectivity index (χ3v) is 5.25. The largest absolute Gasteiger partial charge is 0.381 e. The Balaban J connectivity index is 0.00000225. The van der Waals surface area contributed by atoms with Crippen LogP contribution in [-0.2, 0) is 18.3 Å². The predicted octanol–water partition coefficient (Wildman–Crippen LogP) is 1.88. The van der Waals surface area contributed by atoms with Crippen molar-refractivity contribution < 1.29 is 4.74 Å². The summed E-state index contributed by atoms with van der Waals surface area (Å²) in [5.74, 6) is 2.73. The lowest BCUT2D eigenvalue weighted by atomic mass is 9.80. The van der Waals surface area contributed by atoms with Crippen molar-refractivity contribution in [3.8, 4) is 0 Å². The molecule has 2 aliphatic heterocycles. The molecule has 0 aliphatic carbocycles. The van der Waals surface area contributed by atoms with E-state index in [2.05, 4.69) is 27.0 Å². The van der Waals surface area contributed by atoms with Crippen LogP contribution in [0.25, 0.3) is 0 Å². The zero-order valence-electron chi connectivity index (χ0n) is 15.2. The smallest absolute Gasteiger partial charge is 0.194 e. The van der Waals surface area contributed by atoms with Crippen LogP contribution < -0.4 is 5.32 Å². The first-order valence-corrected chi connectivity index (χ1v) is 8.70. The maximum absolute atomic E-state index is 5.54. The molecule has 2 aliphatic rings. The SMILES string of the molecule is C=CCNC(=NCc1nnc(C)n1C)N1CCC2(CCOCC2)C1.I. The van der Waals surface area contributed by atoms with Gasteiger partial charge in [-0.05, 0) is 31.6 Å². The molecular formula is C17H29IN6O. The minimum Gasteiger partial charge on any atom is -0.381 e. The lowest BCUT2D eigenvalue weighted by Gasteiger charge is -2.33. The van der Waals surface area contributed by atoms with Crippen LogP contribution in [0.1, 0.15) is 30.9 Å². The number of rotatable bonds is 4. The highest BCUT2D eigenvalue weighted by Crippen LogP contribution is 2.39. The maximum atomic E-state index is 5.54. The van der Waals surface area contributed by atoms with E-state index < -0.39 is 0 Å². The van der Waals surface area contributed by atoms with E-state index in [1.807, 2.05) is 24.6 Å². The Bertz CT molecular complexity index is 608. The molecule has 2 saturated heterocycles. The minimum absolute atomic E-state index is 0. The molecule has 8 heteroatoms. The number of aliphatic imine (C=N–C) groups is 1. The molecule has 0 radical (unpaired) electrons. The van der Waals surface area contributed by atoms with Crippen LogP contribution in [0, 0.1) is 12.3 Å². The minimum atomic E-state index is 0. The molecule has 7 nitrogen and oxygen atoms in total. The second-order valence-corrected chi connectivity index (χ2v) is 6.82. The van der Waals surface area contributed by atoms with Gasteiger partial charge < -0.3 is 19.5 Å². The predicted molar refractivity (Wildman–Crippen MR) is 109 cm³/mol. The van der Waals surface area contributed by atoms with Crippen molar-refractivity contribution in [2.24, 2.45) is 17.5 Å². The summed E-state index contributed by atoms with van der Waals surface area (Å²) in [5.41, 5.74) is 0.399. The van der Waals surface area contributed by atoms with Gasteiger partial charge in [0.1, 0.15) is 12.4 Å². The molecule has 25 heavy (non-hydrogen) atoms. The molecule has 1 N–H and O–H groups in total. The van der Waals surface area contributed by atoms with E-state index in [1.165, 1.54) is 6.42 Å². The van der Waals surface area contributed by atoms with E-state index in [-0.39, 0.29) is 24.0 Å². The van der Waals surface area contributed by atoms with Crippen molar-refractivity contribution in [3.63, 3.8) is 0 Å². The normalized spacial score (nSPS) is 19.8. The Morgan fingerprint density at radius 1 is 1.36 bits per heavy atom. The standard InChI is InChI=1S/C17H28N6O.HI/c1-4-8-18-16(19-12-15-21-20-14(2)22(15)3)23-9-5-17(13-23)6-10-24-11-7-17;/h4H,1,5-13H2,2-3H3,(H,18,19);1H. The van der Waals surface area contributed by atoms with Crippen molar-refractivity contribution in [1.82, 2.24) is 25.0 Å². The second-order valence-electron chi connectivity index (χ2n) is 6.82. The molecule has 2 fully saturated rings. The third-order valence-electron chi connectivity index (χ3n) is 5.25. The second kappa shape index (κ2) is 8.98. The van der Waals surface area contributed by atoms with Gasteiger partial charge in [-0.25, -0.2) is 4.99 Å². The van der Waals surface area contributed by atoms with Gasteiger partial charge in [-0.1, -0.05) is 6.08 Å². The summed E-state index contributed by atoms with van der Waals surface area (Å²) in [6, 6.07) is 0. The van der Waals surface area contributed by atoms with Crippen LogP contribution in [-0.4, -0.2) is 58.5 Å². The lowest BCUT2D eigenvalue weighted by Crippen LogP contribution is -2.42. The average molecular weight is 460 g/mol. The maximum Gasteiger partial charge on any atom is 0.194 e. The number of aromatic nitrogens is 3. The van der Waals surface area contributed by atoms with E-state index in [0.717, 1.165) is 56.8 Å². The van der Waals surface area contributed by atoms with E-state index in [9.17, 15) is 0 Å². The Kier molecular flexibility index (Phi) is 7.24. The van der Waals surface area contributed by atoms with E-state index in [0.29, 0.717) is 18.5 Å². The van der Waals surface area contributed by atoms with Crippen molar-refractivity contribution in [2.45, 2.75) is 32.7 Å². The van der Waals surface area contributed by atoms with Crippen molar-refractivity contribution in [3.05, 3.63) is 24.3 Å². The van der Waals surface area contributed by atoms with Gasteiger partial charge in [-0.15, -0.1) is 40.8 Å². The van der Waals surface area contributed by atoms with Crippen molar-refractivity contribution in [1.29, 1.82) is 0 Å². The van der Waals surface area contributed by atoms with Gasteiger partial charge in [0, 0.05) is 39.9 Å². The Hall–Kier alpha value is -1.16. The van der Waals surface area contributed by atoms with Crippen molar-refractivity contribution >= 4 is 29.9 Å². The van der Waals surface area contributed by atoms with E-state index in [4.69, 9.17) is 9.73 Å². The van der Waals surface area contributed by atoms with Gasteiger partial charge in [0.2, 0.25) is 0 Å². The first-order chi connectivity index (χ1) is 11.6. The number of likely N-dealkylation sites (tertiary alicyclic amines) is 1. The number of ether oxygens (including phenoxy) is 1. The molecule has 1 aromatic heterocycles.